The fraction of sp³-hybridized carbons (Fsp3) is 0.429. The monoisotopic (exact) mass is 397 g/mol. The molecule has 0 bridgehead atoms. The Kier molecular flexibility index (Phi) is 5.80. The summed E-state index contributed by atoms with van der Waals surface area (Å²) in [4.78, 5) is 25.5. The van der Waals surface area contributed by atoms with E-state index < -0.39 is 0 Å². The summed E-state index contributed by atoms with van der Waals surface area (Å²) < 4.78 is 17.9. The molecule has 0 radical (unpaired) electrons. The van der Waals surface area contributed by atoms with E-state index in [1.807, 2.05) is 18.2 Å². The second kappa shape index (κ2) is 8.65. The van der Waals surface area contributed by atoms with Crippen LogP contribution in [0.3, 0.4) is 0 Å². The maximum absolute atomic E-state index is 12.6. The summed E-state index contributed by atoms with van der Waals surface area (Å²) in [6.45, 7) is 1.81. The predicted octanol–water partition coefficient (Wildman–Crippen LogP) is 3.65. The lowest BCUT2D eigenvalue weighted by Crippen LogP contribution is -2.37. The number of amides is 1. The first-order valence-electron chi connectivity index (χ1n) is 9.92. The molecule has 8 heteroatoms. The highest BCUT2D eigenvalue weighted by atomic mass is 19.1. The average molecular weight is 397 g/mol. The Bertz CT molecular complexity index is 998. The van der Waals surface area contributed by atoms with Crippen LogP contribution in [0.2, 0.25) is 0 Å². The number of hydrogen-bond acceptors (Lipinski definition) is 6. The van der Waals surface area contributed by atoms with E-state index >= 15 is 0 Å². The van der Waals surface area contributed by atoms with Crippen molar-refractivity contribution >= 4 is 22.8 Å². The zero-order valence-electron chi connectivity index (χ0n) is 16.3. The summed E-state index contributed by atoms with van der Waals surface area (Å²) >= 11 is 0. The van der Waals surface area contributed by atoms with E-state index in [4.69, 9.17) is 4.42 Å². The first-order chi connectivity index (χ1) is 14.1. The molecular formula is C21H24FN5O2. The van der Waals surface area contributed by atoms with Crippen LogP contribution in [0.1, 0.15) is 31.6 Å². The summed E-state index contributed by atoms with van der Waals surface area (Å²) in [5.41, 5.74) is 1.59. The van der Waals surface area contributed by atoms with Crippen LogP contribution < -0.4 is 10.6 Å². The Balaban J connectivity index is 1.43. The Morgan fingerprint density at radius 1 is 1.21 bits per heavy atom. The van der Waals surface area contributed by atoms with Crippen LogP contribution in [0, 0.1) is 12.8 Å². The van der Waals surface area contributed by atoms with Crippen LogP contribution in [-0.2, 0) is 4.79 Å². The molecule has 2 N–H and O–H groups in total. The molecular weight excluding hydrogens is 373 g/mol. The molecule has 2 heterocycles. The van der Waals surface area contributed by atoms with Gasteiger partial charge in [0, 0.05) is 42.6 Å². The third-order valence-electron chi connectivity index (χ3n) is 5.35. The minimum Gasteiger partial charge on any atom is -0.441 e. The number of alkyl halides is 1. The number of nitrogens with one attached hydrogen (secondary N) is 2. The van der Waals surface area contributed by atoms with Gasteiger partial charge in [-0.1, -0.05) is 12.1 Å². The topological polar surface area (TPSA) is 92.9 Å². The van der Waals surface area contributed by atoms with Gasteiger partial charge in [-0.3, -0.25) is 10.1 Å². The summed E-state index contributed by atoms with van der Waals surface area (Å²) in [5.74, 6) is 1.44. The van der Waals surface area contributed by atoms with Crippen molar-refractivity contribution in [3.05, 3.63) is 36.5 Å². The maximum atomic E-state index is 12.6. The second-order valence-corrected chi connectivity index (χ2v) is 7.39. The molecule has 0 saturated heterocycles. The van der Waals surface area contributed by atoms with E-state index in [1.54, 1.807) is 19.3 Å². The number of fused-ring (bicyclic) bond motifs is 1. The van der Waals surface area contributed by atoms with Gasteiger partial charge in [0.15, 0.2) is 11.7 Å². The molecule has 2 aromatic heterocycles. The number of aryl methyl sites for hydroxylation is 1. The molecule has 1 aliphatic rings. The highest BCUT2D eigenvalue weighted by molar-refractivity contribution is 5.92. The largest absolute Gasteiger partial charge is 0.441 e. The van der Waals surface area contributed by atoms with Crippen molar-refractivity contribution in [3.63, 3.8) is 0 Å². The standard InChI is InChI=1S/C21H24FN5O2/c1-13-24-12-19(29-13)15-2-3-16-11-25-21(26-18(16)10-15)27-20(28)14-4-6-17(7-5-14)23-9-8-22/h2-3,10-12,14,17,23H,4-9H2,1H3,(H,25,26,27,28)/t14-,17-. The van der Waals surface area contributed by atoms with Gasteiger partial charge in [-0.2, -0.15) is 0 Å². The lowest BCUT2D eigenvalue weighted by Gasteiger charge is -2.28. The van der Waals surface area contributed by atoms with Crippen molar-refractivity contribution < 1.29 is 13.6 Å². The smallest absolute Gasteiger partial charge is 0.229 e. The Hall–Kier alpha value is -2.87. The Labute approximate surface area is 168 Å². The van der Waals surface area contributed by atoms with Crippen molar-refractivity contribution in [2.24, 2.45) is 5.92 Å². The fourth-order valence-electron chi connectivity index (χ4n) is 3.76. The van der Waals surface area contributed by atoms with E-state index in [0.717, 1.165) is 42.1 Å². The van der Waals surface area contributed by atoms with Gasteiger partial charge < -0.3 is 9.73 Å². The van der Waals surface area contributed by atoms with Gasteiger partial charge in [0.2, 0.25) is 11.9 Å². The van der Waals surface area contributed by atoms with Crippen molar-refractivity contribution in [1.82, 2.24) is 20.3 Å². The third kappa shape index (κ3) is 4.59. The summed E-state index contributed by atoms with van der Waals surface area (Å²) in [5, 5.41) is 6.90. The molecule has 0 unspecified atom stereocenters. The molecule has 7 nitrogen and oxygen atoms in total. The number of oxazole rings is 1. The second-order valence-electron chi connectivity index (χ2n) is 7.39. The predicted molar refractivity (Wildman–Crippen MR) is 108 cm³/mol. The minimum absolute atomic E-state index is 0.0599. The first kappa shape index (κ1) is 19.4. The summed E-state index contributed by atoms with van der Waals surface area (Å²) in [7, 11) is 0. The van der Waals surface area contributed by atoms with Gasteiger partial charge in [-0.15, -0.1) is 0 Å². The molecule has 29 heavy (non-hydrogen) atoms. The molecule has 0 atom stereocenters. The van der Waals surface area contributed by atoms with Crippen LogP contribution in [0.5, 0.6) is 0 Å². The van der Waals surface area contributed by atoms with E-state index in [9.17, 15) is 9.18 Å². The molecule has 0 aliphatic heterocycles. The number of anilines is 1. The maximum Gasteiger partial charge on any atom is 0.229 e. The number of hydrogen-bond donors (Lipinski definition) is 2. The number of benzene rings is 1. The van der Waals surface area contributed by atoms with Gasteiger partial charge in [0.25, 0.3) is 0 Å². The van der Waals surface area contributed by atoms with Crippen LogP contribution in [-0.4, -0.2) is 40.1 Å². The first-order valence-corrected chi connectivity index (χ1v) is 9.92. The zero-order valence-corrected chi connectivity index (χ0v) is 16.3. The molecule has 3 aromatic rings. The van der Waals surface area contributed by atoms with Gasteiger partial charge in [-0.05, 0) is 31.7 Å². The molecule has 0 spiro atoms. The van der Waals surface area contributed by atoms with Crippen molar-refractivity contribution in [3.8, 4) is 11.3 Å². The van der Waals surface area contributed by atoms with Gasteiger partial charge in [0.05, 0.1) is 11.7 Å². The van der Waals surface area contributed by atoms with Crippen molar-refractivity contribution in [1.29, 1.82) is 0 Å². The molecule has 152 valence electrons. The van der Waals surface area contributed by atoms with Gasteiger partial charge in [-0.25, -0.2) is 19.3 Å². The van der Waals surface area contributed by atoms with E-state index in [0.29, 0.717) is 30.2 Å². The number of carbonyl (C=O) groups excluding carboxylic acids is 1. The zero-order chi connectivity index (χ0) is 20.2. The number of aromatic nitrogens is 3. The molecule has 1 amide bonds. The molecule has 1 fully saturated rings. The Morgan fingerprint density at radius 3 is 2.76 bits per heavy atom. The number of nitrogens with zero attached hydrogens (tertiary/aromatic N) is 3. The lowest BCUT2D eigenvalue weighted by atomic mass is 9.85. The molecule has 1 aliphatic carbocycles. The van der Waals surface area contributed by atoms with Crippen LogP contribution in [0.4, 0.5) is 10.3 Å². The minimum atomic E-state index is -0.364. The quantitative estimate of drug-likeness (QED) is 0.660. The van der Waals surface area contributed by atoms with E-state index in [2.05, 4.69) is 25.6 Å². The van der Waals surface area contributed by atoms with Crippen LogP contribution in [0.25, 0.3) is 22.2 Å². The SMILES string of the molecule is Cc1ncc(-c2ccc3cnc(NC(=O)[C@H]4CC[C@H](NCCF)CC4)nc3c2)o1. The van der Waals surface area contributed by atoms with E-state index in [1.165, 1.54) is 0 Å². The molecule has 1 saturated carbocycles. The normalized spacial score (nSPS) is 19.4. The van der Waals surface area contributed by atoms with Gasteiger partial charge in [0.1, 0.15) is 6.67 Å². The summed E-state index contributed by atoms with van der Waals surface area (Å²) in [6, 6.07) is 6.04. The third-order valence-corrected chi connectivity index (χ3v) is 5.35. The average Bonchev–Trinajstić information content (AvgIpc) is 3.18. The van der Waals surface area contributed by atoms with Crippen LogP contribution >= 0.6 is 0 Å². The molecule has 1 aromatic carbocycles. The molecule has 4 rings (SSSR count). The highest BCUT2D eigenvalue weighted by Gasteiger charge is 2.26. The Morgan fingerprint density at radius 2 is 2.03 bits per heavy atom. The van der Waals surface area contributed by atoms with Crippen LogP contribution in [0.15, 0.2) is 35.0 Å². The number of halogens is 1. The van der Waals surface area contributed by atoms with Crippen molar-refractivity contribution in [2.45, 2.75) is 38.6 Å². The fourth-order valence-corrected chi connectivity index (χ4v) is 3.76. The van der Waals surface area contributed by atoms with E-state index in [-0.39, 0.29) is 18.5 Å². The highest BCUT2D eigenvalue weighted by Crippen LogP contribution is 2.27. The van der Waals surface area contributed by atoms with Crippen molar-refractivity contribution in [2.75, 3.05) is 18.5 Å². The van der Waals surface area contributed by atoms with Gasteiger partial charge >= 0.3 is 0 Å². The lowest BCUT2D eigenvalue weighted by molar-refractivity contribution is -0.120. The number of rotatable bonds is 6. The number of carbonyl (C=O) groups is 1. The summed E-state index contributed by atoms with van der Waals surface area (Å²) in [6.07, 6.45) is 6.67.